The van der Waals surface area contributed by atoms with Crippen molar-refractivity contribution in [2.45, 2.75) is 46.5 Å². The highest BCUT2D eigenvalue weighted by molar-refractivity contribution is 6.02. The van der Waals surface area contributed by atoms with Crippen LogP contribution in [0.1, 0.15) is 62.4 Å². The molecule has 2 heterocycles. The number of aliphatic imine (C=N–C) groups is 1. The molecule has 2 atom stereocenters. The predicted octanol–water partition coefficient (Wildman–Crippen LogP) is 4.40. The first-order valence-electron chi connectivity index (χ1n) is 11.6. The maximum Gasteiger partial charge on any atom is 0.253 e. The second-order valence-corrected chi connectivity index (χ2v) is 10.1. The molecule has 7 nitrogen and oxygen atoms in total. The van der Waals surface area contributed by atoms with Crippen LogP contribution < -0.4 is 5.73 Å². The van der Waals surface area contributed by atoms with Gasteiger partial charge in [0.1, 0.15) is 5.69 Å². The van der Waals surface area contributed by atoms with Gasteiger partial charge in [0.25, 0.3) is 11.8 Å². The van der Waals surface area contributed by atoms with E-state index in [-0.39, 0.29) is 11.3 Å². The first-order chi connectivity index (χ1) is 15.6. The molecule has 4 rings (SSSR count). The Bertz CT molecular complexity index is 1200. The molecule has 0 spiro atoms. The van der Waals surface area contributed by atoms with Crippen LogP contribution in [-0.2, 0) is 4.79 Å². The lowest BCUT2D eigenvalue weighted by Crippen LogP contribution is -2.24. The summed E-state index contributed by atoms with van der Waals surface area (Å²) in [6.45, 7) is 6.85. The molecule has 2 aliphatic rings. The average Bonchev–Trinajstić information content (AvgIpc) is 3.32. The summed E-state index contributed by atoms with van der Waals surface area (Å²) >= 11 is 0. The maximum atomic E-state index is 12.4. The first kappa shape index (κ1) is 23.0. The summed E-state index contributed by atoms with van der Waals surface area (Å²) in [4.78, 5) is 31.0. The van der Waals surface area contributed by atoms with E-state index in [1.54, 1.807) is 23.5 Å². The number of fused-ring (bicyclic) bond motifs is 1. The summed E-state index contributed by atoms with van der Waals surface area (Å²) < 4.78 is 1.74. The lowest BCUT2D eigenvalue weighted by atomic mass is 9.77. The standard InChI is InChI=1S/C26H33N5O2/c1-16-9-10-20(26(16,2)3)13-28-23-21(24(27)32)14-29-31-15-19(12-22(23)31)17-7-6-8-18(11-17)25(33)30(4)5/h8,11-16,20H,6-7,9-10H2,1-5H3,(H2,27,32). The molecule has 1 saturated carbocycles. The van der Waals surface area contributed by atoms with Gasteiger partial charge < -0.3 is 10.6 Å². The minimum Gasteiger partial charge on any atom is -0.365 e. The van der Waals surface area contributed by atoms with Gasteiger partial charge in [0, 0.05) is 32.1 Å². The molecule has 0 radical (unpaired) electrons. The topological polar surface area (TPSA) is 93.1 Å². The van der Waals surface area contributed by atoms with Crippen molar-refractivity contribution in [2.75, 3.05) is 14.1 Å². The highest BCUT2D eigenvalue weighted by atomic mass is 16.2. The van der Waals surface area contributed by atoms with Crippen molar-refractivity contribution in [1.82, 2.24) is 14.5 Å². The van der Waals surface area contributed by atoms with Gasteiger partial charge >= 0.3 is 0 Å². The second kappa shape index (κ2) is 8.61. The molecule has 2 unspecified atom stereocenters. The van der Waals surface area contributed by atoms with Crippen LogP contribution in [0.4, 0.5) is 5.69 Å². The Hall–Kier alpha value is -3.22. The van der Waals surface area contributed by atoms with Gasteiger partial charge in [-0.05, 0) is 66.2 Å². The number of hydrogen-bond donors (Lipinski definition) is 1. The van der Waals surface area contributed by atoms with Crippen LogP contribution in [0.25, 0.3) is 11.1 Å². The summed E-state index contributed by atoms with van der Waals surface area (Å²) in [5, 5.41) is 4.41. The smallest absolute Gasteiger partial charge is 0.253 e. The van der Waals surface area contributed by atoms with Crippen LogP contribution in [0, 0.1) is 17.3 Å². The second-order valence-electron chi connectivity index (χ2n) is 10.1. The van der Waals surface area contributed by atoms with Gasteiger partial charge in [-0.15, -0.1) is 0 Å². The molecule has 0 aliphatic heterocycles. The normalized spacial score (nSPS) is 22.5. The van der Waals surface area contributed by atoms with E-state index in [9.17, 15) is 9.59 Å². The van der Waals surface area contributed by atoms with E-state index in [0.717, 1.165) is 35.9 Å². The third-order valence-corrected chi connectivity index (χ3v) is 7.53. The molecule has 0 bridgehead atoms. The number of nitrogens with two attached hydrogens (primary N) is 1. The Morgan fingerprint density at radius 2 is 2.06 bits per heavy atom. The Kier molecular flexibility index (Phi) is 5.99. The molecule has 2 N–H and O–H groups in total. The third-order valence-electron chi connectivity index (χ3n) is 7.53. The number of primary amides is 1. The van der Waals surface area contributed by atoms with Crippen LogP contribution in [0.2, 0.25) is 0 Å². The number of carbonyl (C=O) groups excluding carboxylic acids is 2. The molecule has 7 heteroatoms. The summed E-state index contributed by atoms with van der Waals surface area (Å²) in [6, 6.07) is 1.99. The summed E-state index contributed by atoms with van der Waals surface area (Å²) in [6.07, 6.45) is 13.2. The highest BCUT2D eigenvalue weighted by Gasteiger charge is 2.39. The minimum atomic E-state index is -0.544. The lowest BCUT2D eigenvalue weighted by Gasteiger charge is -2.28. The fourth-order valence-corrected chi connectivity index (χ4v) is 4.84. The van der Waals surface area contributed by atoms with E-state index in [1.807, 2.05) is 30.6 Å². The van der Waals surface area contributed by atoms with Crippen molar-refractivity contribution in [3.63, 3.8) is 0 Å². The highest BCUT2D eigenvalue weighted by Crippen LogP contribution is 2.46. The monoisotopic (exact) mass is 447 g/mol. The number of allylic oxidation sites excluding steroid dienone is 2. The van der Waals surface area contributed by atoms with Gasteiger partial charge in [-0.25, -0.2) is 4.52 Å². The predicted molar refractivity (Wildman–Crippen MR) is 132 cm³/mol. The molecule has 1 fully saturated rings. The zero-order valence-electron chi connectivity index (χ0n) is 20.1. The van der Waals surface area contributed by atoms with E-state index >= 15 is 0 Å². The summed E-state index contributed by atoms with van der Waals surface area (Å²) in [7, 11) is 3.51. The van der Waals surface area contributed by atoms with E-state index in [0.29, 0.717) is 28.7 Å². The minimum absolute atomic E-state index is 0.0104. The number of nitrogens with zero attached hydrogens (tertiary/aromatic N) is 4. The van der Waals surface area contributed by atoms with Crippen molar-refractivity contribution in [3.05, 3.63) is 47.3 Å². The zero-order chi connectivity index (χ0) is 23.9. The largest absolute Gasteiger partial charge is 0.365 e. The van der Waals surface area contributed by atoms with Crippen LogP contribution in [-0.4, -0.2) is 46.6 Å². The molecule has 33 heavy (non-hydrogen) atoms. The fourth-order valence-electron chi connectivity index (χ4n) is 4.84. The number of aromatic nitrogens is 2. The first-order valence-corrected chi connectivity index (χ1v) is 11.6. The van der Waals surface area contributed by atoms with Crippen LogP contribution >= 0.6 is 0 Å². The van der Waals surface area contributed by atoms with Crippen molar-refractivity contribution in [1.29, 1.82) is 0 Å². The van der Waals surface area contributed by atoms with E-state index in [4.69, 9.17) is 10.7 Å². The van der Waals surface area contributed by atoms with E-state index < -0.39 is 5.91 Å². The zero-order valence-corrected chi connectivity index (χ0v) is 20.1. The lowest BCUT2D eigenvalue weighted by molar-refractivity contribution is -0.124. The molecule has 2 aromatic rings. The fraction of sp³-hybridized carbons (Fsp3) is 0.462. The van der Waals surface area contributed by atoms with Crippen molar-refractivity contribution in [3.8, 4) is 0 Å². The van der Waals surface area contributed by atoms with E-state index in [2.05, 4.69) is 25.9 Å². The van der Waals surface area contributed by atoms with Gasteiger partial charge in [0.15, 0.2) is 0 Å². The molecular formula is C26H33N5O2. The Morgan fingerprint density at radius 1 is 1.30 bits per heavy atom. The Balaban J connectivity index is 1.76. The van der Waals surface area contributed by atoms with E-state index in [1.165, 1.54) is 12.6 Å². The van der Waals surface area contributed by atoms with Gasteiger partial charge in [0.2, 0.25) is 0 Å². The van der Waals surface area contributed by atoms with Crippen molar-refractivity contribution in [2.24, 2.45) is 28.0 Å². The number of hydrogen-bond acceptors (Lipinski definition) is 4. The molecule has 0 aromatic carbocycles. The number of carbonyl (C=O) groups is 2. The van der Waals surface area contributed by atoms with Crippen LogP contribution in [0.5, 0.6) is 0 Å². The molecule has 2 aromatic heterocycles. The third kappa shape index (κ3) is 4.24. The van der Waals surface area contributed by atoms with Crippen molar-refractivity contribution >= 4 is 34.8 Å². The molecular weight excluding hydrogens is 414 g/mol. The van der Waals surface area contributed by atoms with Crippen LogP contribution in [0.3, 0.4) is 0 Å². The Labute approximate surface area is 195 Å². The average molecular weight is 448 g/mol. The maximum absolute atomic E-state index is 12.4. The van der Waals surface area contributed by atoms with Gasteiger partial charge in [-0.1, -0.05) is 26.8 Å². The number of rotatable bonds is 5. The number of likely N-dealkylation sites (N-methyl/N-ethyl adjacent to an activating group) is 1. The Morgan fingerprint density at radius 3 is 2.70 bits per heavy atom. The SMILES string of the molecule is CC1CCC(C=Nc2c(C(N)=O)cnn3cc(C4=CC(C(=O)N(C)C)=CCC4)cc23)C1(C)C. The van der Waals surface area contributed by atoms with Gasteiger partial charge in [-0.3, -0.25) is 14.6 Å². The molecule has 2 aliphatic carbocycles. The van der Waals surface area contributed by atoms with Gasteiger partial charge in [0.05, 0.1) is 17.3 Å². The number of amides is 2. The van der Waals surface area contributed by atoms with Gasteiger partial charge in [-0.2, -0.15) is 5.10 Å². The van der Waals surface area contributed by atoms with Crippen LogP contribution in [0.15, 0.2) is 41.2 Å². The van der Waals surface area contributed by atoms with Crippen molar-refractivity contribution < 1.29 is 9.59 Å². The summed E-state index contributed by atoms with van der Waals surface area (Å²) in [5.41, 5.74) is 10.1. The quantitative estimate of drug-likeness (QED) is 0.689. The molecule has 2 amide bonds. The summed E-state index contributed by atoms with van der Waals surface area (Å²) in [5.74, 6) is 0.399. The molecule has 174 valence electrons. The molecule has 0 saturated heterocycles.